The Morgan fingerprint density at radius 3 is 2.78 bits per heavy atom. The molecule has 2 aromatic heterocycles. The van der Waals surface area contributed by atoms with Crippen LogP contribution in [0.3, 0.4) is 0 Å². The van der Waals surface area contributed by atoms with Crippen molar-refractivity contribution in [1.82, 2.24) is 24.9 Å². The highest BCUT2D eigenvalue weighted by Crippen LogP contribution is 2.14. The van der Waals surface area contributed by atoms with Gasteiger partial charge in [0.15, 0.2) is 0 Å². The van der Waals surface area contributed by atoms with Crippen LogP contribution in [-0.2, 0) is 20.1 Å². The maximum Gasteiger partial charge on any atom is 0.254 e. The summed E-state index contributed by atoms with van der Waals surface area (Å²) < 4.78 is 4.32. The molecule has 7 heteroatoms. The molecule has 0 radical (unpaired) electrons. The molecule has 0 unspecified atom stereocenters. The van der Waals surface area contributed by atoms with Crippen molar-refractivity contribution >= 4 is 21.8 Å². The van der Waals surface area contributed by atoms with Crippen LogP contribution >= 0.6 is 15.9 Å². The van der Waals surface area contributed by atoms with Gasteiger partial charge in [-0.2, -0.15) is 10.2 Å². The van der Waals surface area contributed by atoms with Crippen molar-refractivity contribution in [2.45, 2.75) is 20.0 Å². The van der Waals surface area contributed by atoms with Crippen LogP contribution in [-0.4, -0.2) is 25.5 Å². The Balaban J connectivity index is 2.00. The zero-order chi connectivity index (χ0) is 13.1. The molecule has 0 fully saturated rings. The molecule has 96 valence electrons. The molecule has 0 spiro atoms. The number of nitrogens with one attached hydrogen (secondary N) is 1. The summed E-state index contributed by atoms with van der Waals surface area (Å²) in [5.74, 6) is -0.136. The first-order valence-electron chi connectivity index (χ1n) is 5.58. The van der Waals surface area contributed by atoms with Gasteiger partial charge in [-0.3, -0.25) is 14.2 Å². The van der Waals surface area contributed by atoms with Gasteiger partial charge < -0.3 is 5.32 Å². The lowest BCUT2D eigenvalue weighted by Crippen LogP contribution is -2.23. The highest BCUT2D eigenvalue weighted by atomic mass is 79.9. The summed E-state index contributed by atoms with van der Waals surface area (Å²) in [4.78, 5) is 11.9. The summed E-state index contributed by atoms with van der Waals surface area (Å²) in [5, 5.41) is 11.0. The van der Waals surface area contributed by atoms with Crippen molar-refractivity contribution < 1.29 is 4.79 Å². The number of hydrogen-bond donors (Lipinski definition) is 1. The SMILES string of the molecule is CCn1cc(C(=O)NCc2c(Br)cnn2C)cn1. The lowest BCUT2D eigenvalue weighted by Gasteiger charge is -2.04. The van der Waals surface area contributed by atoms with Crippen LogP contribution in [0.4, 0.5) is 0 Å². The minimum absolute atomic E-state index is 0.136. The van der Waals surface area contributed by atoms with Gasteiger partial charge in [-0.05, 0) is 22.9 Å². The van der Waals surface area contributed by atoms with E-state index in [1.54, 1.807) is 28.0 Å². The number of halogens is 1. The zero-order valence-corrected chi connectivity index (χ0v) is 11.8. The lowest BCUT2D eigenvalue weighted by molar-refractivity contribution is 0.0950. The number of aryl methyl sites for hydroxylation is 2. The molecule has 2 heterocycles. The van der Waals surface area contributed by atoms with Gasteiger partial charge in [-0.25, -0.2) is 0 Å². The van der Waals surface area contributed by atoms with Gasteiger partial charge in [-0.15, -0.1) is 0 Å². The molecule has 0 bridgehead atoms. The van der Waals surface area contributed by atoms with E-state index in [1.165, 1.54) is 0 Å². The maximum atomic E-state index is 11.9. The van der Waals surface area contributed by atoms with Crippen molar-refractivity contribution in [3.63, 3.8) is 0 Å². The second kappa shape index (κ2) is 5.34. The molecular formula is C11H14BrN5O. The van der Waals surface area contributed by atoms with E-state index in [2.05, 4.69) is 31.4 Å². The molecule has 2 rings (SSSR count). The highest BCUT2D eigenvalue weighted by Gasteiger charge is 2.11. The standard InChI is InChI=1S/C11H14BrN5O/c1-3-17-7-8(4-15-17)11(18)13-6-10-9(12)5-14-16(10)2/h4-5,7H,3,6H2,1-2H3,(H,13,18). The summed E-state index contributed by atoms with van der Waals surface area (Å²) in [6.45, 7) is 3.15. The summed E-state index contributed by atoms with van der Waals surface area (Å²) in [7, 11) is 1.83. The third-order valence-corrected chi connectivity index (χ3v) is 3.31. The predicted octanol–water partition coefficient (Wildman–Crippen LogP) is 1.33. The molecule has 2 aromatic rings. The Kier molecular flexibility index (Phi) is 3.81. The topological polar surface area (TPSA) is 64.7 Å². The third-order valence-electron chi connectivity index (χ3n) is 2.65. The van der Waals surface area contributed by atoms with E-state index in [4.69, 9.17) is 0 Å². The molecule has 0 aliphatic heterocycles. The number of amides is 1. The Morgan fingerprint density at radius 2 is 2.22 bits per heavy atom. The first-order valence-corrected chi connectivity index (χ1v) is 6.38. The number of aromatic nitrogens is 4. The number of hydrogen-bond acceptors (Lipinski definition) is 3. The van der Waals surface area contributed by atoms with Crippen LogP contribution in [0.2, 0.25) is 0 Å². The lowest BCUT2D eigenvalue weighted by atomic mass is 10.3. The van der Waals surface area contributed by atoms with Gasteiger partial charge in [0, 0.05) is 19.8 Å². The monoisotopic (exact) mass is 311 g/mol. The molecule has 0 aromatic carbocycles. The molecule has 0 atom stereocenters. The van der Waals surface area contributed by atoms with Gasteiger partial charge in [0.2, 0.25) is 0 Å². The van der Waals surface area contributed by atoms with Crippen molar-refractivity contribution in [3.8, 4) is 0 Å². The zero-order valence-electron chi connectivity index (χ0n) is 10.2. The third kappa shape index (κ3) is 2.61. The summed E-state index contributed by atoms with van der Waals surface area (Å²) in [6, 6.07) is 0. The average molecular weight is 312 g/mol. The van der Waals surface area contributed by atoms with Gasteiger partial charge in [-0.1, -0.05) is 0 Å². The number of carbonyl (C=O) groups excluding carboxylic acids is 1. The first-order chi connectivity index (χ1) is 8.61. The van der Waals surface area contributed by atoms with Crippen LogP contribution in [0.15, 0.2) is 23.1 Å². The molecular weight excluding hydrogens is 298 g/mol. The summed E-state index contributed by atoms with van der Waals surface area (Å²) in [6.07, 6.45) is 5.00. The van der Waals surface area contributed by atoms with Crippen LogP contribution < -0.4 is 5.32 Å². The van der Waals surface area contributed by atoms with Crippen LogP contribution in [0.25, 0.3) is 0 Å². The Hall–Kier alpha value is -1.63. The van der Waals surface area contributed by atoms with Crippen molar-refractivity contribution in [1.29, 1.82) is 0 Å². The number of nitrogens with zero attached hydrogens (tertiary/aromatic N) is 4. The average Bonchev–Trinajstić information content (AvgIpc) is 2.95. The van der Waals surface area contributed by atoms with E-state index in [9.17, 15) is 4.79 Å². The molecule has 1 amide bonds. The largest absolute Gasteiger partial charge is 0.346 e. The molecule has 6 nitrogen and oxygen atoms in total. The normalized spacial score (nSPS) is 10.6. The van der Waals surface area contributed by atoms with Crippen molar-refractivity contribution in [3.05, 3.63) is 34.3 Å². The second-order valence-corrected chi connectivity index (χ2v) is 4.68. The van der Waals surface area contributed by atoms with Gasteiger partial charge in [0.25, 0.3) is 5.91 Å². The number of rotatable bonds is 4. The molecule has 0 saturated heterocycles. The summed E-state index contributed by atoms with van der Waals surface area (Å²) in [5.41, 5.74) is 1.49. The van der Waals surface area contributed by atoms with Crippen LogP contribution in [0.1, 0.15) is 23.0 Å². The fourth-order valence-electron chi connectivity index (χ4n) is 1.55. The smallest absolute Gasteiger partial charge is 0.254 e. The Labute approximate surface area is 113 Å². The minimum Gasteiger partial charge on any atom is -0.346 e. The fraction of sp³-hybridized carbons (Fsp3) is 0.364. The number of carbonyl (C=O) groups is 1. The van der Waals surface area contributed by atoms with E-state index in [-0.39, 0.29) is 5.91 Å². The minimum atomic E-state index is -0.136. The molecule has 1 N–H and O–H groups in total. The molecule has 0 aliphatic carbocycles. The highest BCUT2D eigenvalue weighted by molar-refractivity contribution is 9.10. The van der Waals surface area contributed by atoms with E-state index in [0.717, 1.165) is 16.7 Å². The summed E-state index contributed by atoms with van der Waals surface area (Å²) >= 11 is 3.39. The maximum absolute atomic E-state index is 11.9. The second-order valence-electron chi connectivity index (χ2n) is 3.83. The first kappa shape index (κ1) is 12.8. The van der Waals surface area contributed by atoms with Gasteiger partial charge in [0.05, 0.1) is 34.7 Å². The molecule has 18 heavy (non-hydrogen) atoms. The van der Waals surface area contributed by atoms with Crippen LogP contribution in [0, 0.1) is 0 Å². The van der Waals surface area contributed by atoms with E-state index < -0.39 is 0 Å². The van der Waals surface area contributed by atoms with Crippen LogP contribution in [0.5, 0.6) is 0 Å². The Bertz CT molecular complexity index is 540. The van der Waals surface area contributed by atoms with Crippen molar-refractivity contribution in [2.75, 3.05) is 0 Å². The van der Waals surface area contributed by atoms with Gasteiger partial charge in [0.1, 0.15) is 0 Å². The fourth-order valence-corrected chi connectivity index (χ4v) is 2.04. The van der Waals surface area contributed by atoms with E-state index >= 15 is 0 Å². The molecule has 0 saturated carbocycles. The van der Waals surface area contributed by atoms with Crippen molar-refractivity contribution in [2.24, 2.45) is 7.05 Å². The van der Waals surface area contributed by atoms with E-state index in [1.807, 2.05) is 14.0 Å². The van der Waals surface area contributed by atoms with Gasteiger partial charge >= 0.3 is 0 Å². The predicted molar refractivity (Wildman–Crippen MR) is 70.0 cm³/mol. The quantitative estimate of drug-likeness (QED) is 0.926. The Morgan fingerprint density at radius 1 is 1.44 bits per heavy atom. The van der Waals surface area contributed by atoms with E-state index in [0.29, 0.717) is 12.1 Å². The molecule has 0 aliphatic rings.